The number of furan rings is 1. The molecule has 46 heavy (non-hydrogen) atoms. The monoisotopic (exact) mass is 585 g/mol. The number of rotatable bonds is 3. The van der Waals surface area contributed by atoms with Crippen LogP contribution >= 0.6 is 0 Å². The molecule has 9 aromatic rings. The second kappa shape index (κ2) is 9.44. The lowest BCUT2D eigenvalue weighted by Gasteiger charge is -2.11. The summed E-state index contributed by atoms with van der Waals surface area (Å²) in [6, 6.07) is 54.5. The molecule has 0 N–H and O–H groups in total. The molecule has 2 nitrogen and oxygen atoms in total. The minimum Gasteiger partial charge on any atom is -0.456 e. The van der Waals surface area contributed by atoms with Gasteiger partial charge in [-0.3, -0.25) is 0 Å². The molecule has 0 amide bonds. The molecule has 7 aromatic carbocycles. The van der Waals surface area contributed by atoms with E-state index in [1.807, 2.05) is 12.1 Å². The van der Waals surface area contributed by atoms with Gasteiger partial charge in [0.15, 0.2) is 0 Å². The first-order chi connectivity index (χ1) is 22.7. The summed E-state index contributed by atoms with van der Waals surface area (Å²) in [4.78, 5) is 0. The molecule has 0 radical (unpaired) electrons. The number of hydrogen-bond acceptors (Lipinski definition) is 1. The molecule has 1 aliphatic rings. The second-order valence-corrected chi connectivity index (χ2v) is 12.2. The first-order valence-electron chi connectivity index (χ1n) is 15.7. The molecule has 0 aliphatic heterocycles. The van der Waals surface area contributed by atoms with Gasteiger partial charge in [0.05, 0.1) is 22.1 Å². The molecule has 0 spiro atoms. The van der Waals surface area contributed by atoms with Gasteiger partial charge in [0.1, 0.15) is 11.2 Å². The SMILES string of the molecule is C=C1c2ccccc2-c2cc(-c3cccc(-c4ccc5c(c4)c4ccccc4n5-c4cccc5oc6ccccc6c45)c3)ccc21. The van der Waals surface area contributed by atoms with Gasteiger partial charge in [-0.15, -0.1) is 0 Å². The van der Waals surface area contributed by atoms with E-state index in [9.17, 15) is 0 Å². The van der Waals surface area contributed by atoms with E-state index in [0.717, 1.165) is 33.2 Å². The topological polar surface area (TPSA) is 18.1 Å². The lowest BCUT2D eigenvalue weighted by atomic mass is 9.95. The number of hydrogen-bond donors (Lipinski definition) is 0. The van der Waals surface area contributed by atoms with Crippen molar-refractivity contribution in [3.8, 4) is 39.1 Å². The summed E-state index contributed by atoms with van der Waals surface area (Å²) in [5.74, 6) is 0. The molecule has 0 unspecified atom stereocenters. The molecule has 2 heteroatoms. The number of fused-ring (bicyclic) bond motifs is 9. The zero-order valence-electron chi connectivity index (χ0n) is 25.0. The smallest absolute Gasteiger partial charge is 0.137 e. The predicted octanol–water partition coefficient (Wildman–Crippen LogP) is 12.1. The molecule has 0 saturated heterocycles. The van der Waals surface area contributed by atoms with Crippen LogP contribution in [-0.2, 0) is 0 Å². The summed E-state index contributed by atoms with van der Waals surface area (Å²) in [7, 11) is 0. The summed E-state index contributed by atoms with van der Waals surface area (Å²) < 4.78 is 8.66. The van der Waals surface area contributed by atoms with Crippen molar-refractivity contribution in [1.82, 2.24) is 4.57 Å². The van der Waals surface area contributed by atoms with Crippen molar-refractivity contribution in [2.75, 3.05) is 0 Å². The lowest BCUT2D eigenvalue weighted by Crippen LogP contribution is -1.94. The van der Waals surface area contributed by atoms with Crippen LogP contribution in [0.5, 0.6) is 0 Å². The van der Waals surface area contributed by atoms with Crippen LogP contribution in [0, 0.1) is 0 Å². The zero-order valence-corrected chi connectivity index (χ0v) is 25.0. The molecule has 0 bridgehead atoms. The van der Waals surface area contributed by atoms with Crippen LogP contribution in [0.3, 0.4) is 0 Å². The van der Waals surface area contributed by atoms with Crippen LogP contribution in [0.4, 0.5) is 0 Å². The third-order valence-corrected chi connectivity index (χ3v) is 9.71. The molecule has 1 aliphatic carbocycles. The molecule has 0 atom stereocenters. The zero-order chi connectivity index (χ0) is 30.4. The van der Waals surface area contributed by atoms with E-state index in [1.54, 1.807) is 0 Å². The molecule has 0 saturated carbocycles. The van der Waals surface area contributed by atoms with E-state index >= 15 is 0 Å². The minimum atomic E-state index is 0.900. The molecule has 10 rings (SSSR count). The highest BCUT2D eigenvalue weighted by atomic mass is 16.3. The van der Waals surface area contributed by atoms with Crippen LogP contribution in [0.15, 0.2) is 163 Å². The van der Waals surface area contributed by atoms with Crippen LogP contribution in [0.25, 0.3) is 88.4 Å². The molecule has 2 aromatic heterocycles. The van der Waals surface area contributed by atoms with Gasteiger partial charge in [-0.05, 0) is 98.6 Å². The average molecular weight is 586 g/mol. The van der Waals surface area contributed by atoms with Crippen molar-refractivity contribution < 1.29 is 4.42 Å². The maximum Gasteiger partial charge on any atom is 0.137 e. The Hall–Kier alpha value is -6.12. The van der Waals surface area contributed by atoms with E-state index < -0.39 is 0 Å². The number of nitrogens with zero attached hydrogens (tertiary/aromatic N) is 1. The fourth-order valence-electron chi connectivity index (χ4n) is 7.57. The fourth-order valence-corrected chi connectivity index (χ4v) is 7.57. The Bertz CT molecular complexity index is 2720. The van der Waals surface area contributed by atoms with Crippen LogP contribution < -0.4 is 0 Å². The number of benzene rings is 7. The number of para-hydroxylation sites is 2. The maximum atomic E-state index is 6.27. The maximum absolute atomic E-state index is 6.27. The summed E-state index contributed by atoms with van der Waals surface area (Å²) in [6.07, 6.45) is 0. The molecule has 214 valence electrons. The van der Waals surface area contributed by atoms with Crippen LogP contribution in [0.1, 0.15) is 11.1 Å². The van der Waals surface area contributed by atoms with E-state index in [-0.39, 0.29) is 0 Å². The fraction of sp³-hybridized carbons (Fsp3) is 0. The summed E-state index contributed by atoms with van der Waals surface area (Å²) in [5.41, 5.74) is 16.2. The van der Waals surface area contributed by atoms with E-state index in [2.05, 4.69) is 151 Å². The van der Waals surface area contributed by atoms with Crippen molar-refractivity contribution in [3.05, 3.63) is 169 Å². The molecule has 0 fully saturated rings. The van der Waals surface area contributed by atoms with Crippen LogP contribution in [0.2, 0.25) is 0 Å². The predicted molar refractivity (Wildman–Crippen MR) is 193 cm³/mol. The van der Waals surface area contributed by atoms with Crippen molar-refractivity contribution in [2.45, 2.75) is 0 Å². The van der Waals surface area contributed by atoms with Gasteiger partial charge in [-0.25, -0.2) is 0 Å². The van der Waals surface area contributed by atoms with Gasteiger partial charge in [-0.1, -0.05) is 110 Å². The van der Waals surface area contributed by atoms with Crippen molar-refractivity contribution in [2.24, 2.45) is 0 Å². The third-order valence-electron chi connectivity index (χ3n) is 9.71. The Morgan fingerprint density at radius 1 is 0.413 bits per heavy atom. The largest absolute Gasteiger partial charge is 0.456 e. The standard InChI is InChI=1S/C44H27NO/c1-27-32-12-2-3-13-34(32)37-25-30(20-22-33(27)37)28-10-8-11-29(24-28)31-21-23-40-38(26-31)35-14-4-6-16-39(35)45(40)41-17-9-19-43-44(41)36-15-5-7-18-42(36)46-43/h2-26H,1H2. The van der Waals surface area contributed by atoms with E-state index in [1.165, 1.54) is 66.3 Å². The first-order valence-corrected chi connectivity index (χ1v) is 15.7. The lowest BCUT2D eigenvalue weighted by molar-refractivity contribution is 0.669. The van der Waals surface area contributed by atoms with Crippen LogP contribution in [-0.4, -0.2) is 4.57 Å². The van der Waals surface area contributed by atoms with Gasteiger partial charge in [-0.2, -0.15) is 0 Å². The van der Waals surface area contributed by atoms with Gasteiger partial charge < -0.3 is 8.98 Å². The summed E-state index contributed by atoms with van der Waals surface area (Å²) in [6.45, 7) is 4.38. The van der Waals surface area contributed by atoms with E-state index in [4.69, 9.17) is 4.42 Å². The summed E-state index contributed by atoms with van der Waals surface area (Å²) in [5, 5.41) is 4.73. The highest BCUT2D eigenvalue weighted by Crippen LogP contribution is 2.45. The van der Waals surface area contributed by atoms with E-state index in [0.29, 0.717) is 0 Å². The average Bonchev–Trinajstić information content (AvgIpc) is 3.76. The first kappa shape index (κ1) is 25.2. The van der Waals surface area contributed by atoms with Gasteiger partial charge in [0.25, 0.3) is 0 Å². The second-order valence-electron chi connectivity index (χ2n) is 12.2. The number of aromatic nitrogens is 1. The molecular weight excluding hydrogens is 558 g/mol. The highest BCUT2D eigenvalue weighted by molar-refractivity contribution is 6.15. The van der Waals surface area contributed by atoms with Crippen molar-refractivity contribution in [3.63, 3.8) is 0 Å². The Balaban J connectivity index is 1.13. The van der Waals surface area contributed by atoms with Gasteiger partial charge in [0.2, 0.25) is 0 Å². The third kappa shape index (κ3) is 3.53. The Morgan fingerprint density at radius 3 is 1.93 bits per heavy atom. The Kier molecular flexibility index (Phi) is 5.18. The Labute approximate surface area is 266 Å². The molecule has 2 heterocycles. The quantitative estimate of drug-likeness (QED) is 0.202. The summed E-state index contributed by atoms with van der Waals surface area (Å²) >= 11 is 0. The van der Waals surface area contributed by atoms with Crippen molar-refractivity contribution >= 4 is 49.3 Å². The van der Waals surface area contributed by atoms with Crippen molar-refractivity contribution in [1.29, 1.82) is 0 Å². The highest BCUT2D eigenvalue weighted by Gasteiger charge is 2.22. The normalized spacial score (nSPS) is 12.4. The van der Waals surface area contributed by atoms with Gasteiger partial charge in [0, 0.05) is 16.2 Å². The Morgan fingerprint density at radius 2 is 1.04 bits per heavy atom. The molecular formula is C44H27NO. The van der Waals surface area contributed by atoms with Gasteiger partial charge >= 0.3 is 0 Å². The minimum absolute atomic E-state index is 0.900.